The Kier molecular flexibility index (Phi) is 30.0. The summed E-state index contributed by atoms with van der Waals surface area (Å²) in [6.45, 7) is 3.33. The van der Waals surface area contributed by atoms with Crippen molar-refractivity contribution in [2.75, 3.05) is 76.6 Å². The van der Waals surface area contributed by atoms with Crippen molar-refractivity contribution in [2.24, 2.45) is 11.5 Å². The lowest BCUT2D eigenvalue weighted by Gasteiger charge is -2.22. The molecule has 0 heterocycles. The normalized spacial score (nSPS) is 12.9. The van der Waals surface area contributed by atoms with E-state index in [0.717, 1.165) is 51.4 Å². The molecule has 0 fully saturated rings. The molecule has 0 aromatic carbocycles. The van der Waals surface area contributed by atoms with Crippen LogP contribution in [0.25, 0.3) is 0 Å². The van der Waals surface area contributed by atoms with Crippen LogP contribution in [0.5, 0.6) is 0 Å². The largest absolute Gasteiger partial charge is 0.447 e. The lowest BCUT2D eigenvalue weighted by atomic mass is 10.1. The summed E-state index contributed by atoms with van der Waals surface area (Å²) >= 11 is 12.3. The van der Waals surface area contributed by atoms with Gasteiger partial charge in [0.15, 0.2) is 0 Å². The first-order valence-electron chi connectivity index (χ1n) is 16.0. The summed E-state index contributed by atoms with van der Waals surface area (Å²) in [5.41, 5.74) is 10.5. The summed E-state index contributed by atoms with van der Waals surface area (Å²) in [6, 6.07) is -2.63. The zero-order valence-corrected chi connectivity index (χ0v) is 29.9. The van der Waals surface area contributed by atoms with Crippen LogP contribution >= 0.6 is 37.9 Å². The van der Waals surface area contributed by atoms with E-state index in [-0.39, 0.29) is 42.3 Å². The number of rotatable bonds is 31. The molecule has 15 nitrogen and oxygen atoms in total. The van der Waals surface area contributed by atoms with Gasteiger partial charge in [0.25, 0.3) is 0 Å². The quantitative estimate of drug-likeness (QED) is 0.0342. The Morgan fingerprint density at radius 2 is 1.04 bits per heavy atom. The molecule has 274 valence electrons. The molecule has 0 rings (SSSR count). The number of primary amides is 1. The molecule has 0 aromatic heterocycles. The van der Waals surface area contributed by atoms with Crippen molar-refractivity contribution in [1.82, 2.24) is 21.3 Å². The molecule has 0 aliphatic rings. The second-order valence-electron chi connectivity index (χ2n) is 10.5. The minimum absolute atomic E-state index is 0.0198. The lowest BCUT2D eigenvalue weighted by molar-refractivity contribution is -0.131. The van der Waals surface area contributed by atoms with Crippen LogP contribution in [-0.4, -0.2) is 124 Å². The highest BCUT2D eigenvalue weighted by atomic mass is 32.1. The fourth-order valence-corrected chi connectivity index (χ4v) is 4.60. The molecule has 0 aliphatic heterocycles. The predicted molar refractivity (Wildman–Crippen MR) is 189 cm³/mol. The first kappa shape index (κ1) is 45.0. The Labute approximate surface area is 295 Å². The Bertz CT molecular complexity index is 879. The third kappa shape index (κ3) is 26.7. The van der Waals surface area contributed by atoms with Crippen molar-refractivity contribution < 1.29 is 42.9 Å². The van der Waals surface area contributed by atoms with Crippen LogP contribution in [0.15, 0.2) is 0 Å². The van der Waals surface area contributed by atoms with Gasteiger partial charge in [0.1, 0.15) is 18.7 Å². The SMILES string of the molecule is NC(=O)OCCOCCOCCOCCNC(=O)CCCCCCCCCCNC(=O)[C@H](CS)NC(=O)[C@H](CS)NC(=O)[C@@H](N)CS. The van der Waals surface area contributed by atoms with Gasteiger partial charge in [0, 0.05) is 36.8 Å². The van der Waals surface area contributed by atoms with E-state index in [1.807, 2.05) is 0 Å². The molecule has 5 amide bonds. The monoisotopic (exact) mass is 728 g/mol. The number of ether oxygens (including phenoxy) is 4. The highest BCUT2D eigenvalue weighted by molar-refractivity contribution is 7.80. The number of amides is 5. The summed E-state index contributed by atoms with van der Waals surface area (Å²) in [4.78, 5) is 59.3. The smallest absolute Gasteiger partial charge is 0.404 e. The first-order valence-corrected chi connectivity index (χ1v) is 17.9. The minimum atomic E-state index is -0.934. The molecular weight excluding hydrogens is 673 g/mol. The zero-order chi connectivity index (χ0) is 35.1. The molecule has 18 heteroatoms. The zero-order valence-electron chi connectivity index (χ0n) is 27.3. The van der Waals surface area contributed by atoms with Crippen molar-refractivity contribution in [3.05, 3.63) is 0 Å². The van der Waals surface area contributed by atoms with Crippen LogP contribution in [0.1, 0.15) is 57.8 Å². The maximum absolute atomic E-state index is 12.5. The fourth-order valence-electron chi connectivity index (χ4n) is 3.92. The Morgan fingerprint density at radius 1 is 0.553 bits per heavy atom. The Hall–Kier alpha value is -1.96. The van der Waals surface area contributed by atoms with Crippen LogP contribution in [0.4, 0.5) is 4.79 Å². The lowest BCUT2D eigenvalue weighted by Crippen LogP contribution is -2.57. The number of unbranched alkanes of at least 4 members (excludes halogenated alkanes) is 7. The van der Waals surface area contributed by atoms with E-state index in [4.69, 9.17) is 25.7 Å². The van der Waals surface area contributed by atoms with Gasteiger partial charge in [-0.1, -0.05) is 38.5 Å². The van der Waals surface area contributed by atoms with Gasteiger partial charge in [-0.2, -0.15) is 37.9 Å². The average molecular weight is 729 g/mol. The first-order chi connectivity index (χ1) is 22.7. The standard InChI is InChI=1S/C29H56N6O9S3/c30-22(19-45)26(37)34-24(21-47)28(39)35-23(20-46)27(38)33-10-8-6-4-2-1-3-5-7-9-25(36)32-11-12-41-13-14-42-15-16-43-17-18-44-29(31)40/h22-24,45-47H,1-21,30H2,(H2,31,40)(H,32,36)(H,33,38)(H,34,37)(H,35,39)/t22-,23-,24-/m0/s1. The summed E-state index contributed by atoms with van der Waals surface area (Å²) in [5.74, 6) is -1.09. The molecular formula is C29H56N6O9S3. The summed E-state index contributed by atoms with van der Waals surface area (Å²) in [7, 11) is 0. The second kappa shape index (κ2) is 31.3. The van der Waals surface area contributed by atoms with Crippen molar-refractivity contribution in [3.8, 4) is 0 Å². The maximum Gasteiger partial charge on any atom is 0.404 e. The molecule has 8 N–H and O–H groups in total. The van der Waals surface area contributed by atoms with Crippen LogP contribution < -0.4 is 32.7 Å². The third-order valence-corrected chi connectivity index (χ3v) is 7.70. The summed E-state index contributed by atoms with van der Waals surface area (Å²) in [5, 5.41) is 10.8. The summed E-state index contributed by atoms with van der Waals surface area (Å²) in [6.07, 6.45) is 7.59. The fraction of sp³-hybridized carbons (Fsp3) is 0.828. The third-order valence-electron chi connectivity index (χ3n) is 6.58. The van der Waals surface area contributed by atoms with Crippen molar-refractivity contribution in [1.29, 1.82) is 0 Å². The van der Waals surface area contributed by atoms with Crippen LogP contribution in [0.3, 0.4) is 0 Å². The summed E-state index contributed by atoms with van der Waals surface area (Å²) < 4.78 is 20.5. The Balaban J connectivity index is 3.67. The number of hydrogen-bond donors (Lipinski definition) is 9. The molecule has 0 aromatic rings. The van der Waals surface area contributed by atoms with Crippen molar-refractivity contribution >= 4 is 67.6 Å². The van der Waals surface area contributed by atoms with Gasteiger partial charge in [-0.05, 0) is 12.8 Å². The van der Waals surface area contributed by atoms with Gasteiger partial charge in [-0.15, -0.1) is 0 Å². The molecule has 0 saturated heterocycles. The number of thiol groups is 3. The predicted octanol–water partition coefficient (Wildman–Crippen LogP) is -0.0389. The molecule has 3 atom stereocenters. The topological polar surface area (TPSA) is 222 Å². The van der Waals surface area contributed by atoms with Gasteiger partial charge >= 0.3 is 6.09 Å². The second-order valence-corrected chi connectivity index (χ2v) is 11.6. The van der Waals surface area contributed by atoms with Gasteiger partial charge in [0.05, 0.1) is 45.7 Å². The number of nitrogens with two attached hydrogens (primary N) is 2. The van der Waals surface area contributed by atoms with E-state index < -0.39 is 36.0 Å². The number of hydrogen-bond acceptors (Lipinski definition) is 13. The Morgan fingerprint density at radius 3 is 1.60 bits per heavy atom. The van der Waals surface area contributed by atoms with E-state index in [0.29, 0.717) is 52.5 Å². The van der Waals surface area contributed by atoms with E-state index in [1.165, 1.54) is 0 Å². The van der Waals surface area contributed by atoms with Crippen molar-refractivity contribution in [3.63, 3.8) is 0 Å². The molecule has 0 saturated carbocycles. The average Bonchev–Trinajstić information content (AvgIpc) is 3.05. The number of nitrogens with one attached hydrogen (secondary N) is 4. The van der Waals surface area contributed by atoms with Gasteiger partial charge in [0.2, 0.25) is 23.6 Å². The highest BCUT2D eigenvalue weighted by Gasteiger charge is 2.26. The highest BCUT2D eigenvalue weighted by Crippen LogP contribution is 2.09. The van der Waals surface area contributed by atoms with E-state index >= 15 is 0 Å². The molecule has 0 aliphatic carbocycles. The number of carbonyl (C=O) groups excluding carboxylic acids is 5. The van der Waals surface area contributed by atoms with E-state index in [9.17, 15) is 24.0 Å². The molecule has 0 spiro atoms. The maximum atomic E-state index is 12.5. The van der Waals surface area contributed by atoms with E-state index in [1.54, 1.807) is 0 Å². The van der Waals surface area contributed by atoms with Crippen molar-refractivity contribution in [2.45, 2.75) is 75.9 Å². The van der Waals surface area contributed by atoms with Crippen LogP contribution in [0, 0.1) is 0 Å². The van der Waals surface area contributed by atoms with Gasteiger partial charge < -0.3 is 51.7 Å². The van der Waals surface area contributed by atoms with Crippen LogP contribution in [-0.2, 0) is 38.1 Å². The minimum Gasteiger partial charge on any atom is -0.447 e. The molecule has 0 unspecified atom stereocenters. The molecule has 0 radical (unpaired) electrons. The molecule has 0 bridgehead atoms. The molecule has 47 heavy (non-hydrogen) atoms. The van der Waals surface area contributed by atoms with Gasteiger partial charge in [-0.25, -0.2) is 4.79 Å². The van der Waals surface area contributed by atoms with E-state index in [2.05, 4.69) is 63.9 Å². The van der Waals surface area contributed by atoms with Gasteiger partial charge in [-0.3, -0.25) is 19.2 Å². The van der Waals surface area contributed by atoms with Crippen LogP contribution in [0.2, 0.25) is 0 Å². The number of carbonyl (C=O) groups is 5.